The molecule has 2 aromatic rings. The van der Waals surface area contributed by atoms with E-state index in [1.807, 2.05) is 21.9 Å². The molecule has 6 nitrogen and oxygen atoms in total. The number of nitrogens with zero attached hydrogens (tertiary/aromatic N) is 4. The fraction of sp³-hybridized carbons (Fsp3) is 0.429. The first-order chi connectivity index (χ1) is 16.6. The third-order valence-electron chi connectivity index (χ3n) is 7.42. The van der Waals surface area contributed by atoms with Crippen molar-refractivity contribution in [2.75, 3.05) is 52.4 Å². The van der Waals surface area contributed by atoms with Crippen LogP contribution in [0, 0.1) is 11.8 Å². The Balaban J connectivity index is 1.08. The molecule has 178 valence electrons. The maximum atomic E-state index is 13.2. The van der Waals surface area contributed by atoms with Crippen LogP contribution in [0.25, 0.3) is 0 Å². The van der Waals surface area contributed by atoms with Crippen LogP contribution in [0.15, 0.2) is 72.8 Å². The van der Waals surface area contributed by atoms with Gasteiger partial charge in [0.1, 0.15) is 0 Å². The highest BCUT2D eigenvalue weighted by Gasteiger charge is 2.55. The first-order valence-corrected chi connectivity index (χ1v) is 12.4. The molecule has 0 radical (unpaired) electrons. The second kappa shape index (κ2) is 10.1. The summed E-state index contributed by atoms with van der Waals surface area (Å²) < 4.78 is 0. The van der Waals surface area contributed by atoms with Crippen molar-refractivity contribution in [1.29, 1.82) is 0 Å². The first-order valence-electron chi connectivity index (χ1n) is 12.4. The van der Waals surface area contributed by atoms with Crippen molar-refractivity contribution >= 4 is 11.8 Å². The molecule has 1 saturated carbocycles. The van der Waals surface area contributed by atoms with Crippen LogP contribution in [0.1, 0.15) is 11.1 Å². The molecule has 2 heterocycles. The number of carbonyl (C=O) groups excluding carboxylic acids is 2. The van der Waals surface area contributed by atoms with E-state index in [1.165, 1.54) is 11.1 Å². The molecule has 6 heteroatoms. The van der Waals surface area contributed by atoms with Gasteiger partial charge in [-0.3, -0.25) is 19.4 Å². The molecule has 2 amide bonds. The average molecular weight is 459 g/mol. The van der Waals surface area contributed by atoms with Crippen LogP contribution in [0.4, 0.5) is 0 Å². The van der Waals surface area contributed by atoms with Gasteiger partial charge in [0.25, 0.3) is 0 Å². The molecular formula is C28H34N4O2. The Morgan fingerprint density at radius 2 is 0.971 bits per heavy atom. The molecular weight excluding hydrogens is 424 g/mol. The monoisotopic (exact) mass is 458 g/mol. The van der Waals surface area contributed by atoms with Gasteiger partial charge in [0, 0.05) is 65.4 Å². The molecule has 5 rings (SSSR count). The topological polar surface area (TPSA) is 47.1 Å². The molecule has 34 heavy (non-hydrogen) atoms. The van der Waals surface area contributed by atoms with Crippen molar-refractivity contribution in [1.82, 2.24) is 19.6 Å². The van der Waals surface area contributed by atoms with Crippen molar-refractivity contribution in [3.8, 4) is 0 Å². The minimum atomic E-state index is -0.324. The van der Waals surface area contributed by atoms with E-state index in [2.05, 4.69) is 64.9 Å². The first kappa shape index (κ1) is 22.8. The molecule has 2 atom stereocenters. The van der Waals surface area contributed by atoms with Crippen LogP contribution in [0.2, 0.25) is 0 Å². The smallest absolute Gasteiger partial charge is 0.231 e. The summed E-state index contributed by atoms with van der Waals surface area (Å²) in [6.07, 6.45) is 0. The van der Waals surface area contributed by atoms with Gasteiger partial charge in [-0.2, -0.15) is 0 Å². The van der Waals surface area contributed by atoms with Crippen molar-refractivity contribution in [3.63, 3.8) is 0 Å². The van der Waals surface area contributed by atoms with Crippen LogP contribution < -0.4 is 0 Å². The molecule has 0 unspecified atom stereocenters. The third kappa shape index (κ3) is 5.08. The number of carbonyl (C=O) groups is 2. The Bertz CT molecular complexity index is 928. The van der Waals surface area contributed by atoms with E-state index in [0.717, 1.165) is 44.8 Å². The quantitative estimate of drug-likeness (QED) is 0.624. The van der Waals surface area contributed by atoms with Gasteiger partial charge in [-0.1, -0.05) is 72.8 Å². The molecule has 1 aliphatic carbocycles. The lowest BCUT2D eigenvalue weighted by atomic mass is 10.1. The van der Waals surface area contributed by atoms with E-state index in [1.54, 1.807) is 0 Å². The van der Waals surface area contributed by atoms with E-state index in [9.17, 15) is 9.59 Å². The molecule has 3 fully saturated rings. The molecule has 2 saturated heterocycles. The largest absolute Gasteiger partial charge is 0.340 e. The number of hydrogen-bond donors (Lipinski definition) is 0. The van der Waals surface area contributed by atoms with Crippen molar-refractivity contribution < 1.29 is 9.59 Å². The van der Waals surface area contributed by atoms with Gasteiger partial charge in [-0.15, -0.1) is 0 Å². The van der Waals surface area contributed by atoms with E-state index in [0.29, 0.717) is 26.2 Å². The third-order valence-corrected chi connectivity index (χ3v) is 7.42. The van der Waals surface area contributed by atoms with Crippen LogP contribution in [0.5, 0.6) is 0 Å². The normalized spacial score (nSPS) is 23.7. The lowest BCUT2D eigenvalue weighted by Gasteiger charge is -2.35. The minimum Gasteiger partial charge on any atom is -0.340 e. The Kier molecular flexibility index (Phi) is 6.79. The van der Waals surface area contributed by atoms with E-state index >= 15 is 0 Å². The Labute approximate surface area is 202 Å². The van der Waals surface area contributed by atoms with Gasteiger partial charge < -0.3 is 9.80 Å². The summed E-state index contributed by atoms with van der Waals surface area (Å²) in [7, 11) is 0. The fourth-order valence-electron chi connectivity index (χ4n) is 5.25. The van der Waals surface area contributed by atoms with E-state index in [4.69, 9.17) is 0 Å². The summed E-state index contributed by atoms with van der Waals surface area (Å²) in [4.78, 5) is 35.0. The lowest BCUT2D eigenvalue weighted by molar-refractivity contribution is -0.139. The fourth-order valence-corrected chi connectivity index (χ4v) is 5.25. The molecule has 0 bridgehead atoms. The maximum absolute atomic E-state index is 13.2. The molecule has 0 spiro atoms. The highest BCUT2D eigenvalue weighted by atomic mass is 16.2. The molecule has 2 aliphatic heterocycles. The lowest BCUT2D eigenvalue weighted by Crippen LogP contribution is -2.50. The molecule has 2 aromatic carbocycles. The predicted octanol–water partition coefficient (Wildman–Crippen LogP) is 2.48. The van der Waals surface area contributed by atoms with Gasteiger partial charge in [-0.25, -0.2) is 0 Å². The maximum Gasteiger partial charge on any atom is 0.231 e. The zero-order valence-corrected chi connectivity index (χ0v) is 19.8. The zero-order valence-electron chi connectivity index (χ0n) is 19.8. The number of amides is 2. The van der Waals surface area contributed by atoms with E-state index < -0.39 is 0 Å². The van der Waals surface area contributed by atoms with Crippen LogP contribution in [0.3, 0.4) is 0 Å². The average Bonchev–Trinajstić information content (AvgIpc) is 3.56. The van der Waals surface area contributed by atoms with Crippen LogP contribution in [-0.4, -0.2) is 83.8 Å². The second-order valence-electron chi connectivity index (χ2n) is 9.70. The molecule has 3 aliphatic rings. The number of rotatable bonds is 6. The summed E-state index contributed by atoms with van der Waals surface area (Å²) in [5.41, 5.74) is 3.40. The van der Waals surface area contributed by atoms with Crippen molar-refractivity contribution in [2.24, 2.45) is 11.8 Å². The standard InChI is InChI=1S/C28H34N4O2/c1-22-25(27(33)31-16-12-29(13-17-31)20-23-8-4-2-5-9-23)26(22)28(34)32-18-14-30(15-19-32)21-24-10-6-3-7-11-24/h2-11,25-26H,1,12-21H2/t25-,26+. The Hall–Kier alpha value is -2.96. The highest BCUT2D eigenvalue weighted by molar-refractivity contribution is 5.99. The summed E-state index contributed by atoms with van der Waals surface area (Å²) >= 11 is 0. The molecule has 0 N–H and O–H groups in total. The van der Waals surface area contributed by atoms with Crippen molar-refractivity contribution in [3.05, 3.63) is 83.9 Å². The SMILES string of the molecule is C=C1[C@H](C(=O)N2CCN(Cc3ccccc3)CC2)[C@@H]1C(=O)N1CCN(Cc2ccccc2)CC1. The van der Waals surface area contributed by atoms with Gasteiger partial charge in [-0.05, 0) is 11.1 Å². The van der Waals surface area contributed by atoms with Gasteiger partial charge in [0.15, 0.2) is 0 Å². The number of benzene rings is 2. The zero-order chi connectivity index (χ0) is 23.5. The van der Waals surface area contributed by atoms with Crippen LogP contribution in [-0.2, 0) is 22.7 Å². The summed E-state index contributed by atoms with van der Waals surface area (Å²) in [5.74, 6) is -0.470. The number of hydrogen-bond acceptors (Lipinski definition) is 4. The Morgan fingerprint density at radius 1 is 0.618 bits per heavy atom. The van der Waals surface area contributed by atoms with E-state index in [-0.39, 0.29) is 23.7 Å². The van der Waals surface area contributed by atoms with Gasteiger partial charge >= 0.3 is 0 Å². The van der Waals surface area contributed by atoms with Gasteiger partial charge in [0.2, 0.25) is 11.8 Å². The van der Waals surface area contributed by atoms with Crippen molar-refractivity contribution in [2.45, 2.75) is 13.1 Å². The minimum absolute atomic E-state index is 0.0884. The summed E-state index contributed by atoms with van der Waals surface area (Å²) in [6.45, 7) is 12.2. The molecule has 0 aromatic heterocycles. The summed E-state index contributed by atoms with van der Waals surface area (Å²) in [5, 5.41) is 0. The number of piperazine rings is 2. The van der Waals surface area contributed by atoms with Crippen LogP contribution >= 0.6 is 0 Å². The predicted molar refractivity (Wildman–Crippen MR) is 133 cm³/mol. The highest BCUT2D eigenvalue weighted by Crippen LogP contribution is 2.47. The summed E-state index contributed by atoms with van der Waals surface area (Å²) in [6, 6.07) is 20.9. The second-order valence-corrected chi connectivity index (χ2v) is 9.70. The van der Waals surface area contributed by atoms with Gasteiger partial charge in [0.05, 0.1) is 11.8 Å². The Morgan fingerprint density at radius 3 is 1.32 bits per heavy atom.